The number of rotatable bonds is 3. The van der Waals surface area contributed by atoms with Crippen LogP contribution >= 0.6 is 11.6 Å². The van der Waals surface area contributed by atoms with Gasteiger partial charge >= 0.3 is 0 Å². The number of allylic oxidation sites excluding steroid dienone is 2. The van der Waals surface area contributed by atoms with Crippen LogP contribution in [-0.2, 0) is 24.2 Å². The summed E-state index contributed by atoms with van der Waals surface area (Å²) >= 11 is 6.07. The van der Waals surface area contributed by atoms with Gasteiger partial charge in [-0.15, -0.1) is 0 Å². The van der Waals surface area contributed by atoms with Crippen LogP contribution in [0.3, 0.4) is 0 Å². The van der Waals surface area contributed by atoms with Crippen molar-refractivity contribution in [2.75, 3.05) is 13.6 Å². The number of amidine groups is 1. The molecule has 25 heavy (non-hydrogen) atoms. The van der Waals surface area contributed by atoms with Gasteiger partial charge in [0.25, 0.3) is 5.91 Å². The number of hydrogen-bond acceptors (Lipinski definition) is 3. The van der Waals surface area contributed by atoms with Crippen LogP contribution in [0.2, 0.25) is 0 Å². The van der Waals surface area contributed by atoms with E-state index in [2.05, 4.69) is 30.0 Å². The van der Waals surface area contributed by atoms with Crippen molar-refractivity contribution in [1.82, 2.24) is 9.47 Å². The Morgan fingerprint density at radius 2 is 2.08 bits per heavy atom. The molecule has 0 saturated carbocycles. The topological polar surface area (TPSA) is 54.7 Å². The van der Waals surface area contributed by atoms with Gasteiger partial charge in [-0.25, -0.2) is 0 Å². The molecule has 5 nitrogen and oxygen atoms in total. The minimum absolute atomic E-state index is 0.146. The van der Waals surface area contributed by atoms with Gasteiger partial charge in [0.05, 0.1) is 10.6 Å². The number of aromatic nitrogens is 1. The Labute approximate surface area is 152 Å². The molecule has 1 amide bonds. The van der Waals surface area contributed by atoms with Crippen molar-refractivity contribution >= 4 is 29.6 Å². The molecule has 1 aliphatic carbocycles. The van der Waals surface area contributed by atoms with Crippen molar-refractivity contribution in [3.63, 3.8) is 0 Å². The summed E-state index contributed by atoms with van der Waals surface area (Å²) in [5, 5.41) is 0.189. The summed E-state index contributed by atoms with van der Waals surface area (Å²) in [6.45, 7) is 9.22. The zero-order chi connectivity index (χ0) is 18.4. The van der Waals surface area contributed by atoms with Gasteiger partial charge in [0.2, 0.25) is 0 Å². The van der Waals surface area contributed by atoms with Crippen LogP contribution in [0.1, 0.15) is 35.6 Å². The van der Waals surface area contributed by atoms with Crippen LogP contribution in [-0.4, -0.2) is 41.1 Å². The zero-order valence-electron chi connectivity index (χ0n) is 14.8. The van der Waals surface area contributed by atoms with Crippen molar-refractivity contribution in [2.45, 2.75) is 33.2 Å². The molecule has 0 unspecified atom stereocenters. The number of carbonyl (C=O) groups is 2. The largest absolute Gasteiger partial charge is 0.339 e. The molecule has 1 aliphatic heterocycles. The van der Waals surface area contributed by atoms with Crippen molar-refractivity contribution in [2.24, 2.45) is 10.4 Å². The molecule has 0 aromatic carbocycles. The van der Waals surface area contributed by atoms with Crippen LogP contribution in [0.15, 0.2) is 34.3 Å². The van der Waals surface area contributed by atoms with Gasteiger partial charge in [0, 0.05) is 25.8 Å². The second kappa shape index (κ2) is 6.30. The van der Waals surface area contributed by atoms with Gasteiger partial charge < -0.3 is 4.57 Å². The van der Waals surface area contributed by atoms with E-state index < -0.39 is 0 Å². The van der Waals surface area contributed by atoms with Crippen LogP contribution in [0.25, 0.3) is 0 Å². The molecular weight excluding hydrogens is 338 g/mol. The number of fused-ring (bicyclic) bond motifs is 3. The highest BCUT2D eigenvalue weighted by Crippen LogP contribution is 2.39. The standard InChI is InChI=1S/C19H22ClN3O2/c1-5-14(20)13(11-24)17(21-4)23-7-6-22-15(18(23)25)8-12-9-19(2,3)10-16(12)22/h5,8,11H,1,6-7,9-10H2,2-4H3/b14-13+,21-17?. The lowest BCUT2D eigenvalue weighted by atomic mass is 9.90. The number of aldehydes is 1. The first-order valence-corrected chi connectivity index (χ1v) is 8.68. The number of nitrogens with zero attached hydrogens (tertiary/aromatic N) is 3. The fourth-order valence-corrected chi connectivity index (χ4v) is 3.95. The van der Waals surface area contributed by atoms with Crippen LogP contribution in [0.5, 0.6) is 0 Å². The van der Waals surface area contributed by atoms with Crippen LogP contribution in [0, 0.1) is 5.41 Å². The summed E-state index contributed by atoms with van der Waals surface area (Å²) in [5.41, 5.74) is 3.60. The molecule has 2 aliphatic rings. The van der Waals surface area contributed by atoms with E-state index in [0.29, 0.717) is 25.1 Å². The van der Waals surface area contributed by atoms with Gasteiger partial charge in [-0.3, -0.25) is 19.5 Å². The van der Waals surface area contributed by atoms with E-state index in [-0.39, 0.29) is 27.8 Å². The Balaban J connectivity index is 1.98. The molecule has 1 aromatic rings. The smallest absolute Gasteiger partial charge is 0.276 e. The number of aliphatic imine (C=N–C) groups is 1. The third-order valence-corrected chi connectivity index (χ3v) is 5.25. The lowest BCUT2D eigenvalue weighted by molar-refractivity contribution is -0.104. The highest BCUT2D eigenvalue weighted by molar-refractivity contribution is 6.37. The Hall–Kier alpha value is -2.14. The van der Waals surface area contributed by atoms with Gasteiger partial charge in [-0.1, -0.05) is 32.0 Å². The van der Waals surface area contributed by atoms with E-state index in [4.69, 9.17) is 11.6 Å². The maximum atomic E-state index is 13.0. The lowest BCUT2D eigenvalue weighted by Gasteiger charge is -2.30. The molecular formula is C19H22ClN3O2. The fraction of sp³-hybridized carbons (Fsp3) is 0.421. The summed E-state index contributed by atoms with van der Waals surface area (Å²) < 4.78 is 2.12. The van der Waals surface area contributed by atoms with Crippen molar-refractivity contribution in [3.05, 3.63) is 46.3 Å². The normalized spacial score (nSPS) is 20.1. The maximum Gasteiger partial charge on any atom is 0.276 e. The van der Waals surface area contributed by atoms with Crippen molar-refractivity contribution < 1.29 is 9.59 Å². The predicted octanol–water partition coefficient (Wildman–Crippen LogP) is 2.97. The van der Waals surface area contributed by atoms with E-state index in [9.17, 15) is 9.59 Å². The molecule has 0 fully saturated rings. The Kier molecular flexibility index (Phi) is 4.45. The SMILES string of the molecule is C=C/C(Cl)=C(/C=O)C(=NC)N1CCn2c(cc3c2CC(C)(C)C3)C1=O. The molecule has 0 spiro atoms. The van der Waals surface area contributed by atoms with E-state index in [1.54, 1.807) is 7.05 Å². The average molecular weight is 360 g/mol. The van der Waals surface area contributed by atoms with E-state index in [1.165, 1.54) is 22.2 Å². The Bertz CT molecular complexity index is 830. The first kappa shape index (κ1) is 17.7. The number of halogens is 1. The second-order valence-electron chi connectivity index (χ2n) is 7.26. The van der Waals surface area contributed by atoms with Crippen LogP contribution in [0.4, 0.5) is 0 Å². The molecule has 0 saturated heterocycles. The minimum atomic E-state index is -0.146. The van der Waals surface area contributed by atoms with Gasteiger partial charge in [-0.2, -0.15) is 0 Å². The summed E-state index contributed by atoms with van der Waals surface area (Å²) in [5.74, 6) is 0.143. The molecule has 3 rings (SSSR count). The molecule has 1 aromatic heterocycles. The molecule has 0 atom stereocenters. The van der Waals surface area contributed by atoms with E-state index >= 15 is 0 Å². The number of hydrogen-bond donors (Lipinski definition) is 0. The summed E-state index contributed by atoms with van der Waals surface area (Å²) in [4.78, 5) is 30.2. The minimum Gasteiger partial charge on any atom is -0.339 e. The molecule has 2 heterocycles. The highest BCUT2D eigenvalue weighted by Gasteiger charge is 2.37. The van der Waals surface area contributed by atoms with Gasteiger partial charge in [-0.05, 0) is 36.0 Å². The second-order valence-corrected chi connectivity index (χ2v) is 7.67. The lowest BCUT2D eigenvalue weighted by Crippen LogP contribution is -2.45. The third kappa shape index (κ3) is 2.86. The quantitative estimate of drug-likeness (QED) is 0.274. The zero-order valence-corrected chi connectivity index (χ0v) is 15.6. The Morgan fingerprint density at radius 1 is 1.36 bits per heavy atom. The van der Waals surface area contributed by atoms with Crippen molar-refractivity contribution in [1.29, 1.82) is 0 Å². The van der Waals surface area contributed by atoms with Gasteiger partial charge in [0.1, 0.15) is 11.5 Å². The monoisotopic (exact) mass is 359 g/mol. The third-order valence-electron chi connectivity index (χ3n) is 4.89. The molecule has 0 bridgehead atoms. The highest BCUT2D eigenvalue weighted by atomic mass is 35.5. The first-order valence-electron chi connectivity index (χ1n) is 8.30. The summed E-state index contributed by atoms with van der Waals surface area (Å²) in [6.07, 6.45) is 3.96. The number of carbonyl (C=O) groups excluding carboxylic acids is 2. The van der Waals surface area contributed by atoms with E-state index in [0.717, 1.165) is 12.8 Å². The Morgan fingerprint density at radius 3 is 2.68 bits per heavy atom. The van der Waals surface area contributed by atoms with Gasteiger partial charge in [0.15, 0.2) is 6.29 Å². The molecule has 0 N–H and O–H groups in total. The maximum absolute atomic E-state index is 13.0. The molecule has 6 heteroatoms. The first-order chi connectivity index (χ1) is 11.8. The summed E-state index contributed by atoms with van der Waals surface area (Å²) in [7, 11) is 1.55. The molecule has 132 valence electrons. The van der Waals surface area contributed by atoms with Crippen LogP contribution < -0.4 is 0 Å². The number of amides is 1. The summed E-state index contributed by atoms with van der Waals surface area (Å²) in [6, 6.07) is 1.99. The van der Waals surface area contributed by atoms with Crippen molar-refractivity contribution in [3.8, 4) is 0 Å². The fourth-order valence-electron chi connectivity index (χ4n) is 3.83. The average Bonchev–Trinajstić information content (AvgIpc) is 3.05. The molecule has 0 radical (unpaired) electrons. The predicted molar refractivity (Wildman–Crippen MR) is 99.2 cm³/mol. The van der Waals surface area contributed by atoms with E-state index in [1.807, 2.05) is 6.07 Å².